The Balaban J connectivity index is 2.66. The van der Waals surface area contributed by atoms with Gasteiger partial charge in [-0.05, 0) is 6.42 Å². The van der Waals surface area contributed by atoms with Crippen molar-refractivity contribution in [1.82, 2.24) is 4.31 Å². The Labute approximate surface area is 102 Å². The highest BCUT2D eigenvalue weighted by Gasteiger charge is 2.29. The molecule has 1 saturated heterocycles. The van der Waals surface area contributed by atoms with Gasteiger partial charge >= 0.3 is 0 Å². The molecule has 0 spiro atoms. The SMILES string of the molecule is CC1(C)CCN(S(=O)(=O)CCCl)CCS1. The number of alkyl halides is 1. The van der Waals surface area contributed by atoms with Crippen molar-refractivity contribution in [3.63, 3.8) is 0 Å². The zero-order valence-corrected chi connectivity index (χ0v) is 11.6. The van der Waals surface area contributed by atoms with Gasteiger partial charge in [-0.2, -0.15) is 11.8 Å². The molecule has 0 amide bonds. The van der Waals surface area contributed by atoms with Crippen LogP contribution in [-0.4, -0.2) is 47.9 Å². The molecule has 0 N–H and O–H groups in total. The Kier molecular flexibility index (Phi) is 4.77. The minimum atomic E-state index is -3.12. The molecule has 1 fully saturated rings. The van der Waals surface area contributed by atoms with Crippen LogP contribution in [0.2, 0.25) is 0 Å². The van der Waals surface area contributed by atoms with Gasteiger partial charge in [0.2, 0.25) is 10.0 Å². The summed E-state index contributed by atoms with van der Waals surface area (Å²) in [6.45, 7) is 5.57. The summed E-state index contributed by atoms with van der Waals surface area (Å²) in [6.07, 6.45) is 0.902. The van der Waals surface area contributed by atoms with E-state index in [0.29, 0.717) is 13.1 Å². The Morgan fingerprint density at radius 2 is 2.07 bits per heavy atom. The van der Waals surface area contributed by atoms with E-state index in [4.69, 9.17) is 11.6 Å². The summed E-state index contributed by atoms with van der Waals surface area (Å²) in [5.41, 5.74) is 0. The molecular weight excluding hydrogens is 254 g/mol. The van der Waals surface area contributed by atoms with E-state index in [9.17, 15) is 8.42 Å². The third kappa shape index (κ3) is 4.13. The van der Waals surface area contributed by atoms with Crippen LogP contribution in [0.5, 0.6) is 0 Å². The van der Waals surface area contributed by atoms with Crippen molar-refractivity contribution in [2.45, 2.75) is 25.0 Å². The monoisotopic (exact) mass is 271 g/mol. The van der Waals surface area contributed by atoms with Crippen molar-refractivity contribution in [2.75, 3.05) is 30.5 Å². The molecular formula is C9H18ClNO2S2. The Morgan fingerprint density at radius 3 is 2.67 bits per heavy atom. The summed E-state index contributed by atoms with van der Waals surface area (Å²) >= 11 is 7.33. The number of hydrogen-bond acceptors (Lipinski definition) is 3. The van der Waals surface area contributed by atoms with Crippen LogP contribution in [0.25, 0.3) is 0 Å². The van der Waals surface area contributed by atoms with E-state index in [1.165, 1.54) is 0 Å². The molecule has 0 saturated carbocycles. The van der Waals surface area contributed by atoms with E-state index in [2.05, 4.69) is 13.8 Å². The van der Waals surface area contributed by atoms with Gasteiger partial charge in [0.05, 0.1) is 5.75 Å². The number of thioether (sulfide) groups is 1. The summed E-state index contributed by atoms with van der Waals surface area (Å²) in [4.78, 5) is 0. The molecule has 1 aliphatic heterocycles. The van der Waals surface area contributed by atoms with Gasteiger partial charge in [0.1, 0.15) is 0 Å². The molecule has 0 aromatic carbocycles. The van der Waals surface area contributed by atoms with Crippen molar-refractivity contribution < 1.29 is 8.42 Å². The summed E-state index contributed by atoms with van der Waals surface area (Å²) in [7, 11) is -3.12. The van der Waals surface area contributed by atoms with Crippen LogP contribution in [0, 0.1) is 0 Å². The predicted molar refractivity (Wildman–Crippen MR) is 67.2 cm³/mol. The quantitative estimate of drug-likeness (QED) is 0.735. The maximum absolute atomic E-state index is 11.8. The average Bonchev–Trinajstić information content (AvgIpc) is 2.26. The van der Waals surface area contributed by atoms with Crippen molar-refractivity contribution >= 4 is 33.4 Å². The zero-order chi connectivity index (χ0) is 11.5. The molecule has 90 valence electrons. The lowest BCUT2D eigenvalue weighted by Crippen LogP contribution is -2.35. The lowest BCUT2D eigenvalue weighted by atomic mass is 10.1. The van der Waals surface area contributed by atoms with Crippen molar-refractivity contribution in [1.29, 1.82) is 0 Å². The Bertz CT molecular complexity index is 303. The van der Waals surface area contributed by atoms with Gasteiger partial charge < -0.3 is 0 Å². The van der Waals surface area contributed by atoms with Crippen molar-refractivity contribution in [2.24, 2.45) is 0 Å². The highest BCUT2D eigenvalue weighted by Crippen LogP contribution is 2.31. The van der Waals surface area contributed by atoms with Crippen LogP contribution < -0.4 is 0 Å². The van der Waals surface area contributed by atoms with Gasteiger partial charge in [-0.1, -0.05) is 13.8 Å². The predicted octanol–water partition coefficient (Wildman–Crippen LogP) is 1.77. The highest BCUT2D eigenvalue weighted by atomic mass is 35.5. The third-order valence-corrected chi connectivity index (χ3v) is 6.18. The fourth-order valence-corrected chi connectivity index (χ4v) is 4.50. The zero-order valence-electron chi connectivity index (χ0n) is 9.20. The molecule has 1 heterocycles. The molecule has 1 aliphatic rings. The van der Waals surface area contributed by atoms with E-state index in [0.717, 1.165) is 12.2 Å². The molecule has 15 heavy (non-hydrogen) atoms. The van der Waals surface area contributed by atoms with E-state index in [1.807, 2.05) is 11.8 Å². The first-order chi connectivity index (χ1) is 6.87. The van der Waals surface area contributed by atoms with Crippen LogP contribution in [0.15, 0.2) is 0 Å². The normalized spacial score (nSPS) is 23.7. The van der Waals surface area contributed by atoms with Gasteiger partial charge in [-0.25, -0.2) is 12.7 Å². The van der Waals surface area contributed by atoms with Gasteiger partial charge in [0.15, 0.2) is 0 Å². The van der Waals surface area contributed by atoms with Crippen LogP contribution in [-0.2, 0) is 10.0 Å². The van der Waals surface area contributed by atoms with Crippen LogP contribution >= 0.6 is 23.4 Å². The number of rotatable bonds is 3. The summed E-state index contributed by atoms with van der Waals surface area (Å²) < 4.78 is 25.3. The smallest absolute Gasteiger partial charge is 0.212 e. The van der Waals surface area contributed by atoms with E-state index < -0.39 is 10.0 Å². The van der Waals surface area contributed by atoms with Gasteiger partial charge in [0, 0.05) is 29.5 Å². The standard InChI is InChI=1S/C9H18ClNO2S2/c1-9(2)3-5-11(6-7-14-9)15(12,13)8-4-10/h3-8H2,1-2H3. The second-order valence-electron chi connectivity index (χ2n) is 4.26. The fourth-order valence-electron chi connectivity index (χ4n) is 1.51. The maximum Gasteiger partial charge on any atom is 0.215 e. The van der Waals surface area contributed by atoms with Crippen LogP contribution in [0.4, 0.5) is 0 Å². The molecule has 0 aliphatic carbocycles. The first kappa shape index (κ1) is 13.6. The first-order valence-electron chi connectivity index (χ1n) is 5.05. The molecule has 6 heteroatoms. The maximum atomic E-state index is 11.8. The number of hydrogen-bond donors (Lipinski definition) is 0. The average molecular weight is 272 g/mol. The topological polar surface area (TPSA) is 37.4 Å². The highest BCUT2D eigenvalue weighted by molar-refractivity contribution is 8.00. The number of nitrogens with zero attached hydrogens (tertiary/aromatic N) is 1. The van der Waals surface area contributed by atoms with E-state index in [1.54, 1.807) is 4.31 Å². The molecule has 0 radical (unpaired) electrons. The number of sulfonamides is 1. The Morgan fingerprint density at radius 1 is 1.40 bits per heavy atom. The lowest BCUT2D eigenvalue weighted by Gasteiger charge is -2.22. The second-order valence-corrected chi connectivity index (χ2v) is 8.53. The van der Waals surface area contributed by atoms with Gasteiger partial charge in [-0.15, -0.1) is 11.6 Å². The summed E-state index contributed by atoms with van der Waals surface area (Å²) in [6, 6.07) is 0. The summed E-state index contributed by atoms with van der Waals surface area (Å²) in [5, 5.41) is 0. The molecule has 3 nitrogen and oxygen atoms in total. The van der Waals surface area contributed by atoms with Crippen LogP contribution in [0.1, 0.15) is 20.3 Å². The van der Waals surface area contributed by atoms with Crippen molar-refractivity contribution in [3.8, 4) is 0 Å². The number of halogens is 1. The van der Waals surface area contributed by atoms with Crippen LogP contribution in [0.3, 0.4) is 0 Å². The minimum Gasteiger partial charge on any atom is -0.212 e. The molecule has 0 atom stereocenters. The lowest BCUT2D eigenvalue weighted by molar-refractivity contribution is 0.416. The first-order valence-corrected chi connectivity index (χ1v) is 8.18. The van der Waals surface area contributed by atoms with Crippen molar-refractivity contribution in [3.05, 3.63) is 0 Å². The second kappa shape index (κ2) is 5.25. The van der Waals surface area contributed by atoms with Gasteiger partial charge in [0.25, 0.3) is 0 Å². The largest absolute Gasteiger partial charge is 0.215 e. The Hall–Kier alpha value is 0.550. The third-order valence-electron chi connectivity index (χ3n) is 2.53. The van der Waals surface area contributed by atoms with E-state index >= 15 is 0 Å². The molecule has 0 aromatic rings. The molecule has 0 aromatic heterocycles. The minimum absolute atomic E-state index is 0.0552. The molecule has 0 unspecified atom stereocenters. The van der Waals surface area contributed by atoms with E-state index in [-0.39, 0.29) is 16.4 Å². The van der Waals surface area contributed by atoms with Gasteiger partial charge in [-0.3, -0.25) is 0 Å². The molecule has 0 bridgehead atoms. The molecule has 1 rings (SSSR count). The fraction of sp³-hybridized carbons (Fsp3) is 1.00. The summed E-state index contributed by atoms with van der Waals surface area (Å²) in [5.74, 6) is 1.10.